The van der Waals surface area contributed by atoms with E-state index >= 15 is 0 Å². The highest BCUT2D eigenvalue weighted by Gasteiger charge is 2.32. The van der Waals surface area contributed by atoms with Gasteiger partial charge in [0.15, 0.2) is 5.76 Å². The minimum atomic E-state index is -0.294. The Balaban J connectivity index is 1.45. The molecule has 146 valence electrons. The number of carbonyl (C=O) groups excluding carboxylic acids is 2. The Hall–Kier alpha value is -3.29. The van der Waals surface area contributed by atoms with E-state index in [1.165, 1.54) is 0 Å². The van der Waals surface area contributed by atoms with Crippen LogP contribution in [-0.4, -0.2) is 40.4 Å². The lowest BCUT2D eigenvalue weighted by Crippen LogP contribution is -2.39. The first-order chi connectivity index (χ1) is 13.6. The van der Waals surface area contributed by atoms with Gasteiger partial charge in [-0.15, -0.1) is 0 Å². The van der Waals surface area contributed by atoms with E-state index < -0.39 is 0 Å². The largest absolute Gasteiger partial charge is 0.454 e. The molecule has 1 aliphatic rings. The zero-order valence-corrected chi connectivity index (χ0v) is 15.9. The molecular formula is C20H23N5O3. The Bertz CT molecular complexity index is 1020. The van der Waals surface area contributed by atoms with E-state index in [0.717, 1.165) is 35.3 Å². The van der Waals surface area contributed by atoms with Crippen molar-refractivity contribution < 1.29 is 14.0 Å². The number of urea groups is 1. The molecule has 1 aromatic carbocycles. The van der Waals surface area contributed by atoms with Crippen molar-refractivity contribution in [3.8, 4) is 0 Å². The number of likely N-dealkylation sites (tertiary alicyclic amines) is 1. The Labute approximate surface area is 162 Å². The Morgan fingerprint density at radius 2 is 2.18 bits per heavy atom. The number of rotatable bonds is 4. The van der Waals surface area contributed by atoms with Crippen LogP contribution in [0.5, 0.6) is 0 Å². The van der Waals surface area contributed by atoms with Crippen LogP contribution < -0.4 is 10.6 Å². The Morgan fingerprint density at radius 1 is 1.32 bits per heavy atom. The molecule has 3 N–H and O–H groups in total. The third-order valence-corrected chi connectivity index (χ3v) is 5.09. The second-order valence-electron chi connectivity index (χ2n) is 6.95. The molecule has 3 heterocycles. The van der Waals surface area contributed by atoms with Crippen LogP contribution in [0.15, 0.2) is 34.7 Å². The summed E-state index contributed by atoms with van der Waals surface area (Å²) in [6.07, 6.45) is 1.80. The van der Waals surface area contributed by atoms with Gasteiger partial charge in [0, 0.05) is 13.6 Å². The van der Waals surface area contributed by atoms with Gasteiger partial charge in [-0.2, -0.15) is 0 Å². The molecule has 3 amide bonds. The number of hydrogen-bond donors (Lipinski definition) is 3. The molecule has 1 atom stereocenters. The molecule has 28 heavy (non-hydrogen) atoms. The number of nitrogens with one attached hydrogen (secondary N) is 3. The fourth-order valence-electron chi connectivity index (χ4n) is 3.63. The highest BCUT2D eigenvalue weighted by atomic mass is 16.4. The second-order valence-corrected chi connectivity index (χ2v) is 6.95. The minimum absolute atomic E-state index is 0.0789. The number of H-pyrrole nitrogens is 1. The van der Waals surface area contributed by atoms with Gasteiger partial charge in [-0.05, 0) is 43.5 Å². The Morgan fingerprint density at radius 3 is 2.96 bits per heavy atom. The average molecular weight is 381 g/mol. The third-order valence-electron chi connectivity index (χ3n) is 5.09. The first-order valence-electron chi connectivity index (χ1n) is 9.37. The van der Waals surface area contributed by atoms with Crippen molar-refractivity contribution in [2.75, 3.05) is 13.6 Å². The standard InChI is InChI=1S/C20H23N5O3/c1-12-5-3-6-14-17(12)24-18(23-14)15-7-4-10-25(15)20(27)22-11-13-8-9-16(28-13)19(26)21-2/h3,5-6,8-9,15H,4,7,10-11H2,1-2H3,(H,21,26)(H,22,27)(H,23,24)/t15-/m1/s1. The summed E-state index contributed by atoms with van der Waals surface area (Å²) in [7, 11) is 1.54. The van der Waals surface area contributed by atoms with Crippen LogP contribution in [0, 0.1) is 6.92 Å². The molecule has 0 spiro atoms. The van der Waals surface area contributed by atoms with Crippen LogP contribution in [0.25, 0.3) is 11.0 Å². The zero-order valence-electron chi connectivity index (χ0n) is 15.9. The van der Waals surface area contributed by atoms with Gasteiger partial charge in [-0.25, -0.2) is 9.78 Å². The summed E-state index contributed by atoms with van der Waals surface area (Å²) in [6.45, 7) is 2.93. The molecule has 1 saturated heterocycles. The number of carbonyl (C=O) groups is 2. The number of para-hydroxylation sites is 1. The van der Waals surface area contributed by atoms with Gasteiger partial charge in [0.25, 0.3) is 5.91 Å². The normalized spacial score (nSPS) is 16.5. The number of nitrogens with zero attached hydrogens (tertiary/aromatic N) is 2. The third kappa shape index (κ3) is 3.33. The zero-order chi connectivity index (χ0) is 19.7. The summed E-state index contributed by atoms with van der Waals surface area (Å²) in [4.78, 5) is 34.2. The molecule has 4 rings (SSSR count). The first kappa shape index (κ1) is 18.1. The van der Waals surface area contributed by atoms with E-state index in [0.29, 0.717) is 12.3 Å². The summed E-state index contributed by atoms with van der Waals surface area (Å²) in [5.74, 6) is 1.28. The summed E-state index contributed by atoms with van der Waals surface area (Å²) in [5, 5.41) is 5.38. The van der Waals surface area contributed by atoms with Gasteiger partial charge in [0.05, 0.1) is 23.6 Å². The molecule has 8 heteroatoms. The smallest absolute Gasteiger partial charge is 0.318 e. The van der Waals surface area contributed by atoms with Crippen molar-refractivity contribution >= 4 is 23.0 Å². The van der Waals surface area contributed by atoms with Gasteiger partial charge < -0.3 is 24.9 Å². The first-order valence-corrected chi connectivity index (χ1v) is 9.37. The van der Waals surface area contributed by atoms with E-state index in [1.807, 2.05) is 25.1 Å². The van der Waals surface area contributed by atoms with Crippen molar-refractivity contribution in [1.29, 1.82) is 0 Å². The molecule has 8 nitrogen and oxygen atoms in total. The Kier molecular flexibility index (Phi) is 4.77. The molecule has 2 aromatic heterocycles. The maximum absolute atomic E-state index is 12.7. The van der Waals surface area contributed by atoms with Gasteiger partial charge >= 0.3 is 6.03 Å². The molecule has 0 saturated carbocycles. The average Bonchev–Trinajstić information content (AvgIpc) is 3.44. The predicted molar refractivity (Wildman–Crippen MR) is 104 cm³/mol. The van der Waals surface area contributed by atoms with Gasteiger partial charge in [0.1, 0.15) is 11.6 Å². The van der Waals surface area contributed by atoms with E-state index in [4.69, 9.17) is 9.40 Å². The van der Waals surface area contributed by atoms with Crippen molar-refractivity contribution in [3.05, 3.63) is 53.2 Å². The maximum atomic E-state index is 12.7. The number of aryl methyl sites for hydroxylation is 1. The predicted octanol–water partition coefficient (Wildman–Crippen LogP) is 2.87. The van der Waals surface area contributed by atoms with E-state index in [-0.39, 0.29) is 30.3 Å². The quantitative estimate of drug-likeness (QED) is 0.646. The van der Waals surface area contributed by atoms with Crippen molar-refractivity contribution in [2.45, 2.75) is 32.4 Å². The molecule has 1 aliphatic heterocycles. The van der Waals surface area contributed by atoms with Crippen LogP contribution in [0.4, 0.5) is 4.79 Å². The highest BCUT2D eigenvalue weighted by Crippen LogP contribution is 2.31. The summed E-state index contributed by atoms with van der Waals surface area (Å²) < 4.78 is 5.45. The van der Waals surface area contributed by atoms with E-state index in [9.17, 15) is 9.59 Å². The number of amides is 3. The van der Waals surface area contributed by atoms with Crippen LogP contribution >= 0.6 is 0 Å². The van der Waals surface area contributed by atoms with Crippen molar-refractivity contribution in [3.63, 3.8) is 0 Å². The van der Waals surface area contributed by atoms with E-state index in [2.05, 4.69) is 15.6 Å². The van der Waals surface area contributed by atoms with Crippen molar-refractivity contribution in [2.24, 2.45) is 0 Å². The van der Waals surface area contributed by atoms with E-state index in [1.54, 1.807) is 24.1 Å². The molecule has 0 aliphatic carbocycles. The van der Waals surface area contributed by atoms with Gasteiger partial charge in [-0.1, -0.05) is 12.1 Å². The number of fused-ring (bicyclic) bond motifs is 1. The fourth-order valence-corrected chi connectivity index (χ4v) is 3.63. The lowest BCUT2D eigenvalue weighted by Gasteiger charge is -2.23. The minimum Gasteiger partial charge on any atom is -0.454 e. The molecule has 3 aromatic rings. The number of furan rings is 1. The number of imidazole rings is 1. The second kappa shape index (κ2) is 7.38. The lowest BCUT2D eigenvalue weighted by atomic mass is 10.2. The monoisotopic (exact) mass is 381 g/mol. The number of hydrogen-bond acceptors (Lipinski definition) is 4. The summed E-state index contributed by atoms with van der Waals surface area (Å²) >= 11 is 0. The summed E-state index contributed by atoms with van der Waals surface area (Å²) in [6, 6.07) is 9.06. The maximum Gasteiger partial charge on any atom is 0.318 e. The number of aromatic nitrogens is 2. The SMILES string of the molecule is CNC(=O)c1ccc(CNC(=O)N2CCC[C@@H]2c2nc3c(C)cccc3[nH]2)o1. The molecule has 0 radical (unpaired) electrons. The molecule has 0 unspecified atom stereocenters. The fraction of sp³-hybridized carbons (Fsp3) is 0.350. The van der Waals surface area contributed by atoms with Gasteiger partial charge in [-0.3, -0.25) is 4.79 Å². The molecule has 0 bridgehead atoms. The number of aromatic amines is 1. The molecule has 1 fully saturated rings. The number of benzene rings is 1. The topological polar surface area (TPSA) is 103 Å². The van der Waals surface area contributed by atoms with Crippen LogP contribution in [-0.2, 0) is 6.54 Å². The van der Waals surface area contributed by atoms with Crippen molar-refractivity contribution in [1.82, 2.24) is 25.5 Å². The lowest BCUT2D eigenvalue weighted by molar-refractivity contribution is 0.0933. The highest BCUT2D eigenvalue weighted by molar-refractivity contribution is 5.91. The van der Waals surface area contributed by atoms with Crippen LogP contribution in [0.2, 0.25) is 0 Å². The van der Waals surface area contributed by atoms with Gasteiger partial charge in [0.2, 0.25) is 0 Å². The molecular weight excluding hydrogens is 358 g/mol. The van der Waals surface area contributed by atoms with Crippen LogP contribution in [0.3, 0.4) is 0 Å². The van der Waals surface area contributed by atoms with Crippen LogP contribution in [0.1, 0.15) is 46.6 Å². The summed E-state index contributed by atoms with van der Waals surface area (Å²) in [5.41, 5.74) is 3.04.